The number of aliphatic carboxylic acids is 1. The molecule has 0 radical (unpaired) electrons. The topological polar surface area (TPSA) is 140 Å². The number of rotatable bonds is 8. The SMILES string of the molecule is COC(=O)N1CC=C(c2cnc(O[C@H]3C[C@@H](C(=O)O)N(c4cc(-c5ccc[se]5)nc(C(F)F)n4)C3)c(N3CCOC4(COC4)[C@@H]3C)c2)C1. The molecule has 1 amide bonds. The maximum absolute atomic E-state index is 13.9. The summed E-state index contributed by atoms with van der Waals surface area (Å²) in [5.74, 6) is -1.35. The van der Waals surface area contributed by atoms with Gasteiger partial charge in [-0.05, 0) is 12.5 Å². The number of pyridine rings is 1. The minimum atomic E-state index is -2.93. The first-order valence-electron chi connectivity index (χ1n) is 15.5. The van der Waals surface area contributed by atoms with Crippen LogP contribution in [0.25, 0.3) is 15.7 Å². The molecular weight excluding hydrogens is 697 g/mol. The standard InChI is InChI=1S/C32H34F2N6O7Se/c1-18-32(16-45-17-32)46-8-7-39(18)23-10-20(19-5-6-38(14-19)31(43)44-2)13-35-29(23)47-21-11-24(30(41)42)40(15-21)26-12-22(25-4-3-9-48-25)36-28(37-26)27(33)34/h3-5,9-10,12-13,18,21,24,27H,6-8,11,14-17H2,1-2H3,(H,41,42)/t18-,21-,24-/m0/s1. The number of ether oxygens (including phenoxy) is 4. The van der Waals surface area contributed by atoms with E-state index in [-0.39, 0.29) is 39.3 Å². The first kappa shape index (κ1) is 32.4. The number of carboxylic acid groups (broad SMARTS) is 1. The summed E-state index contributed by atoms with van der Waals surface area (Å²) in [6, 6.07) is 6.06. The van der Waals surface area contributed by atoms with Crippen LogP contribution in [0.3, 0.4) is 0 Å². The summed E-state index contributed by atoms with van der Waals surface area (Å²) >= 11 is -0.0743. The van der Waals surface area contributed by atoms with E-state index in [1.165, 1.54) is 12.0 Å². The number of amides is 1. The molecule has 0 saturated carbocycles. The smallest absolute Gasteiger partial charge is 0.0497 e. The van der Waals surface area contributed by atoms with Gasteiger partial charge >= 0.3 is 193 Å². The summed E-state index contributed by atoms with van der Waals surface area (Å²) in [7, 11) is 1.35. The molecule has 1 N–H and O–H groups in total. The molecule has 3 aromatic rings. The van der Waals surface area contributed by atoms with Crippen molar-refractivity contribution in [1.29, 1.82) is 0 Å². The van der Waals surface area contributed by atoms with E-state index >= 15 is 0 Å². The molecule has 1 spiro atoms. The van der Waals surface area contributed by atoms with Crippen molar-refractivity contribution in [2.45, 2.75) is 43.6 Å². The van der Waals surface area contributed by atoms with Crippen molar-refractivity contribution in [2.75, 3.05) is 62.9 Å². The third-order valence-corrected chi connectivity index (χ3v) is 11.2. The number of hydrogen-bond donors (Lipinski definition) is 1. The van der Waals surface area contributed by atoms with Crippen LogP contribution in [0.1, 0.15) is 31.2 Å². The van der Waals surface area contributed by atoms with Crippen LogP contribution in [-0.4, -0.2) is 128 Å². The number of hydrogen-bond acceptors (Lipinski definition) is 11. The molecule has 254 valence electrons. The summed E-state index contributed by atoms with van der Waals surface area (Å²) in [6.45, 7) is 4.85. The van der Waals surface area contributed by atoms with Gasteiger partial charge in [-0.25, -0.2) is 4.79 Å². The largest absolute Gasteiger partial charge is 0.0497 e. The molecule has 3 aromatic heterocycles. The molecule has 0 unspecified atom stereocenters. The van der Waals surface area contributed by atoms with Gasteiger partial charge in [-0.2, -0.15) is 0 Å². The number of methoxy groups -OCH3 is 1. The Bertz CT molecular complexity index is 1720. The van der Waals surface area contributed by atoms with Crippen molar-refractivity contribution in [3.05, 3.63) is 52.9 Å². The molecule has 48 heavy (non-hydrogen) atoms. The molecule has 0 bridgehead atoms. The molecule has 0 aromatic carbocycles. The number of carboxylic acids is 1. The number of aromatic nitrogens is 3. The van der Waals surface area contributed by atoms with E-state index in [1.54, 1.807) is 17.2 Å². The van der Waals surface area contributed by atoms with Gasteiger partial charge in [0, 0.05) is 13.1 Å². The van der Waals surface area contributed by atoms with Crippen LogP contribution in [-0.2, 0) is 19.0 Å². The van der Waals surface area contributed by atoms with Crippen LogP contribution < -0.4 is 14.5 Å². The predicted octanol–water partition coefficient (Wildman–Crippen LogP) is 3.10. The zero-order valence-electron chi connectivity index (χ0n) is 26.3. The fraction of sp³-hybridized carbons (Fsp3) is 0.469. The Morgan fingerprint density at radius 1 is 1.21 bits per heavy atom. The van der Waals surface area contributed by atoms with Gasteiger partial charge in [-0.15, -0.1) is 0 Å². The van der Waals surface area contributed by atoms with Gasteiger partial charge in [-0.3, -0.25) is 0 Å². The minimum absolute atomic E-state index is 0.0743. The number of halogens is 2. The average molecular weight is 732 g/mol. The summed E-state index contributed by atoms with van der Waals surface area (Å²) < 4.78 is 51.7. The van der Waals surface area contributed by atoms with E-state index in [9.17, 15) is 23.5 Å². The van der Waals surface area contributed by atoms with Crippen LogP contribution in [0.4, 0.5) is 25.1 Å². The molecule has 3 atom stereocenters. The average Bonchev–Trinajstić information content (AvgIpc) is 3.86. The van der Waals surface area contributed by atoms with Crippen LogP contribution in [0, 0.1) is 0 Å². The molecular formula is C32H34F2N6O7Se. The van der Waals surface area contributed by atoms with Gasteiger partial charge in [0.25, 0.3) is 0 Å². The van der Waals surface area contributed by atoms with Gasteiger partial charge in [-0.1, -0.05) is 6.08 Å². The second-order valence-corrected chi connectivity index (χ2v) is 14.1. The molecule has 3 saturated heterocycles. The second-order valence-electron chi connectivity index (χ2n) is 12.1. The Balaban J connectivity index is 1.20. The molecule has 7 rings (SSSR count). The maximum Gasteiger partial charge on any atom is 0.0497 e. The number of nitrogens with zero attached hydrogens (tertiary/aromatic N) is 6. The Kier molecular flexibility index (Phi) is 8.83. The Morgan fingerprint density at radius 2 is 2.04 bits per heavy atom. The fourth-order valence-electron chi connectivity index (χ4n) is 6.62. The van der Waals surface area contributed by atoms with E-state index < -0.39 is 42.1 Å². The maximum atomic E-state index is 13.9. The number of morpholine rings is 1. The predicted molar refractivity (Wildman–Crippen MR) is 170 cm³/mol. The first-order chi connectivity index (χ1) is 23.2. The van der Waals surface area contributed by atoms with Crippen LogP contribution in [0.15, 0.2) is 41.5 Å². The van der Waals surface area contributed by atoms with Crippen molar-refractivity contribution < 1.29 is 42.4 Å². The summed E-state index contributed by atoms with van der Waals surface area (Å²) in [6.07, 6.45) is -0.287. The molecule has 7 heterocycles. The van der Waals surface area contributed by atoms with Crippen LogP contribution in [0.2, 0.25) is 0 Å². The Labute approximate surface area is 280 Å². The van der Waals surface area contributed by atoms with Crippen molar-refractivity contribution in [1.82, 2.24) is 19.9 Å². The molecule has 13 nitrogen and oxygen atoms in total. The Hall–Kier alpha value is -4.11. The van der Waals surface area contributed by atoms with Gasteiger partial charge in [0.15, 0.2) is 0 Å². The molecule has 4 aliphatic heterocycles. The third-order valence-electron chi connectivity index (χ3n) is 9.33. The van der Waals surface area contributed by atoms with Crippen LogP contribution >= 0.6 is 0 Å². The number of anilines is 2. The van der Waals surface area contributed by atoms with E-state index in [0.29, 0.717) is 56.7 Å². The van der Waals surface area contributed by atoms with Gasteiger partial charge in [0.05, 0.1) is 26.9 Å². The van der Waals surface area contributed by atoms with Crippen molar-refractivity contribution in [3.63, 3.8) is 0 Å². The second kappa shape index (κ2) is 13.1. The van der Waals surface area contributed by atoms with E-state index in [2.05, 4.69) is 21.8 Å². The molecule has 0 aliphatic carbocycles. The zero-order chi connectivity index (χ0) is 33.6. The van der Waals surface area contributed by atoms with Gasteiger partial charge < -0.3 is 19.1 Å². The monoisotopic (exact) mass is 732 g/mol. The third kappa shape index (κ3) is 6.02. The van der Waals surface area contributed by atoms with Crippen LogP contribution in [0.5, 0.6) is 5.88 Å². The molecule has 3 fully saturated rings. The van der Waals surface area contributed by atoms with Gasteiger partial charge in [0.1, 0.15) is 5.60 Å². The normalized spacial score (nSPS) is 23.4. The van der Waals surface area contributed by atoms with E-state index in [4.69, 9.17) is 23.9 Å². The summed E-state index contributed by atoms with van der Waals surface area (Å²) in [4.78, 5) is 44.7. The summed E-state index contributed by atoms with van der Waals surface area (Å²) in [5.41, 5.74) is 2.30. The first-order valence-corrected chi connectivity index (χ1v) is 17.4. The quantitative estimate of drug-likeness (QED) is 0.341. The van der Waals surface area contributed by atoms with Crippen molar-refractivity contribution in [2.24, 2.45) is 0 Å². The molecule has 4 aliphatic rings. The van der Waals surface area contributed by atoms with E-state index in [1.807, 2.05) is 29.2 Å². The fourth-order valence-corrected chi connectivity index (χ4v) is 8.06. The van der Waals surface area contributed by atoms with E-state index in [0.717, 1.165) is 15.6 Å². The number of carbonyl (C=O) groups is 2. The van der Waals surface area contributed by atoms with Crippen molar-refractivity contribution in [3.8, 4) is 16.0 Å². The number of carbonyl (C=O) groups excluding carboxylic acids is 1. The number of alkyl halides is 2. The zero-order valence-corrected chi connectivity index (χ0v) is 28.0. The molecule has 16 heteroatoms. The Morgan fingerprint density at radius 3 is 2.73 bits per heavy atom. The van der Waals surface area contributed by atoms with Gasteiger partial charge in [0.2, 0.25) is 0 Å². The summed E-state index contributed by atoms with van der Waals surface area (Å²) in [5, 5.41) is 10.2. The minimum Gasteiger partial charge on any atom is 0.0497 e. The van der Waals surface area contributed by atoms with Crippen molar-refractivity contribution >= 4 is 43.6 Å².